The molecule has 0 radical (unpaired) electrons. The zero-order valence-corrected chi connectivity index (χ0v) is 15.7. The summed E-state index contributed by atoms with van der Waals surface area (Å²) in [6.45, 7) is 1.12. The van der Waals surface area contributed by atoms with Gasteiger partial charge in [0.2, 0.25) is 0 Å². The summed E-state index contributed by atoms with van der Waals surface area (Å²) in [4.78, 5) is 0. The van der Waals surface area contributed by atoms with Gasteiger partial charge in [-0.05, 0) is 67.8 Å². The first-order chi connectivity index (χ1) is 10.8. The molecule has 0 fully saturated rings. The van der Waals surface area contributed by atoms with Crippen molar-refractivity contribution in [3.63, 3.8) is 0 Å². The third-order valence-corrected chi connectivity index (χ3v) is 4.69. The molecule has 1 aliphatic carbocycles. The minimum absolute atomic E-state index is 0. The molecule has 4 heteroatoms. The van der Waals surface area contributed by atoms with Crippen LogP contribution in [0, 0.1) is 0 Å². The van der Waals surface area contributed by atoms with E-state index in [0.29, 0.717) is 6.04 Å². The van der Waals surface area contributed by atoms with Crippen LogP contribution in [0.1, 0.15) is 36.0 Å². The molecule has 0 spiro atoms. The number of nitrogen functional groups attached to an aromatic ring is 1. The average Bonchev–Trinajstić information content (AvgIpc) is 2.56. The van der Waals surface area contributed by atoms with Crippen LogP contribution in [-0.2, 0) is 19.3 Å². The molecule has 0 aromatic heterocycles. The minimum atomic E-state index is 0. The molecule has 0 saturated carbocycles. The Kier molecular flexibility index (Phi) is 9.20. The van der Waals surface area contributed by atoms with Gasteiger partial charge in [-0.25, -0.2) is 0 Å². The molecule has 0 saturated heterocycles. The first kappa shape index (κ1) is 20.8. The van der Waals surface area contributed by atoms with Crippen LogP contribution in [0.25, 0.3) is 0 Å². The molecular weight excluding hydrogens is 339 g/mol. The Morgan fingerprint density at radius 2 is 1.75 bits per heavy atom. The number of hydrogen-bond donors (Lipinski definition) is 2. The summed E-state index contributed by atoms with van der Waals surface area (Å²) < 4.78 is 0. The van der Waals surface area contributed by atoms with Gasteiger partial charge in [0.05, 0.1) is 0 Å². The van der Waals surface area contributed by atoms with Crippen molar-refractivity contribution in [1.82, 2.24) is 5.32 Å². The van der Waals surface area contributed by atoms with E-state index < -0.39 is 0 Å². The lowest BCUT2D eigenvalue weighted by Crippen LogP contribution is -2.35. The van der Waals surface area contributed by atoms with Crippen molar-refractivity contribution in [3.05, 3.63) is 65.2 Å². The molecule has 0 amide bonds. The second-order valence-electron chi connectivity index (χ2n) is 6.32. The van der Waals surface area contributed by atoms with Crippen molar-refractivity contribution in [2.24, 2.45) is 0 Å². The summed E-state index contributed by atoms with van der Waals surface area (Å²) in [5.41, 5.74) is 11.3. The van der Waals surface area contributed by atoms with Gasteiger partial charge in [0.25, 0.3) is 0 Å². The molecule has 2 aromatic rings. The highest BCUT2D eigenvalue weighted by molar-refractivity contribution is 5.85. The number of halogens is 2. The Bertz CT molecular complexity index is 602. The topological polar surface area (TPSA) is 38.0 Å². The summed E-state index contributed by atoms with van der Waals surface area (Å²) in [5, 5.41) is 3.73. The third kappa shape index (κ3) is 5.70. The average molecular weight is 367 g/mol. The fraction of sp³-hybridized carbons (Fsp3) is 0.400. The molecule has 3 rings (SSSR count). The SMILES string of the molecule is Cl.Cl.Nc1cccc2c1CCC(NCCCCc1ccccc1)C2. The zero-order chi connectivity index (χ0) is 15.2. The van der Waals surface area contributed by atoms with Crippen molar-refractivity contribution in [3.8, 4) is 0 Å². The van der Waals surface area contributed by atoms with E-state index in [1.807, 2.05) is 6.07 Å². The molecule has 2 aromatic carbocycles. The summed E-state index contributed by atoms with van der Waals surface area (Å²) in [5.74, 6) is 0. The van der Waals surface area contributed by atoms with Crippen LogP contribution in [0.4, 0.5) is 5.69 Å². The fourth-order valence-corrected chi connectivity index (χ4v) is 3.42. The number of hydrogen-bond acceptors (Lipinski definition) is 2. The number of nitrogens with two attached hydrogens (primary N) is 1. The maximum atomic E-state index is 6.06. The van der Waals surface area contributed by atoms with E-state index in [-0.39, 0.29) is 24.8 Å². The second-order valence-corrected chi connectivity index (χ2v) is 6.32. The predicted molar refractivity (Wildman–Crippen MR) is 109 cm³/mol. The standard InChI is InChI=1S/C20H26N2.2ClH/c21-20-11-6-10-17-15-18(12-13-19(17)20)22-14-5-4-9-16-7-2-1-3-8-16;;/h1-3,6-8,10-11,18,22H,4-5,9,12-15,21H2;2*1H. The Balaban J connectivity index is 0.00000144. The van der Waals surface area contributed by atoms with Gasteiger partial charge in [-0.15, -0.1) is 24.8 Å². The van der Waals surface area contributed by atoms with E-state index in [0.717, 1.165) is 25.1 Å². The number of nitrogens with one attached hydrogen (secondary N) is 1. The number of aryl methyl sites for hydroxylation is 1. The zero-order valence-electron chi connectivity index (χ0n) is 14.0. The summed E-state index contributed by atoms with van der Waals surface area (Å²) in [7, 11) is 0. The van der Waals surface area contributed by atoms with Crippen molar-refractivity contribution in [2.75, 3.05) is 12.3 Å². The fourth-order valence-electron chi connectivity index (χ4n) is 3.42. The van der Waals surface area contributed by atoms with E-state index in [9.17, 15) is 0 Å². The Hall–Kier alpha value is -1.22. The molecule has 1 aliphatic rings. The highest BCUT2D eigenvalue weighted by Crippen LogP contribution is 2.26. The Morgan fingerprint density at radius 3 is 2.54 bits per heavy atom. The number of benzene rings is 2. The van der Waals surface area contributed by atoms with Crippen LogP contribution in [0.2, 0.25) is 0 Å². The Morgan fingerprint density at radius 1 is 0.958 bits per heavy atom. The molecule has 3 N–H and O–H groups in total. The molecular formula is C20H28Cl2N2. The number of anilines is 1. The van der Waals surface area contributed by atoms with Crippen molar-refractivity contribution >= 4 is 30.5 Å². The van der Waals surface area contributed by atoms with Crippen molar-refractivity contribution in [1.29, 1.82) is 0 Å². The number of rotatable bonds is 6. The van der Waals surface area contributed by atoms with E-state index in [2.05, 4.69) is 47.8 Å². The van der Waals surface area contributed by atoms with Gasteiger partial charge in [0.15, 0.2) is 0 Å². The molecule has 0 heterocycles. The van der Waals surface area contributed by atoms with E-state index in [4.69, 9.17) is 5.73 Å². The van der Waals surface area contributed by atoms with E-state index in [1.54, 1.807) is 0 Å². The largest absolute Gasteiger partial charge is 0.398 e. The van der Waals surface area contributed by atoms with Gasteiger partial charge < -0.3 is 11.1 Å². The highest BCUT2D eigenvalue weighted by Gasteiger charge is 2.19. The molecule has 2 nitrogen and oxygen atoms in total. The smallest absolute Gasteiger partial charge is 0.0349 e. The van der Waals surface area contributed by atoms with Crippen molar-refractivity contribution in [2.45, 2.75) is 44.6 Å². The highest BCUT2D eigenvalue weighted by atomic mass is 35.5. The van der Waals surface area contributed by atoms with Crippen LogP contribution < -0.4 is 11.1 Å². The van der Waals surface area contributed by atoms with Crippen LogP contribution in [-0.4, -0.2) is 12.6 Å². The van der Waals surface area contributed by atoms with Crippen LogP contribution in [0.15, 0.2) is 48.5 Å². The van der Waals surface area contributed by atoms with Crippen molar-refractivity contribution < 1.29 is 0 Å². The van der Waals surface area contributed by atoms with Gasteiger partial charge in [-0.3, -0.25) is 0 Å². The lowest BCUT2D eigenvalue weighted by molar-refractivity contribution is 0.451. The lowest BCUT2D eigenvalue weighted by atomic mass is 9.87. The lowest BCUT2D eigenvalue weighted by Gasteiger charge is -2.26. The van der Waals surface area contributed by atoms with Gasteiger partial charge in [0, 0.05) is 11.7 Å². The second kappa shape index (κ2) is 10.6. The molecule has 1 unspecified atom stereocenters. The maximum absolute atomic E-state index is 6.06. The van der Waals surface area contributed by atoms with Gasteiger partial charge in [0.1, 0.15) is 0 Å². The monoisotopic (exact) mass is 366 g/mol. The number of unbranched alkanes of at least 4 members (excludes halogenated alkanes) is 1. The molecule has 132 valence electrons. The quantitative estimate of drug-likeness (QED) is 0.579. The molecule has 1 atom stereocenters. The van der Waals surface area contributed by atoms with Gasteiger partial charge in [-0.2, -0.15) is 0 Å². The van der Waals surface area contributed by atoms with E-state index in [1.165, 1.54) is 42.4 Å². The van der Waals surface area contributed by atoms with E-state index >= 15 is 0 Å². The predicted octanol–water partition coefficient (Wildman–Crippen LogP) is 4.58. The Labute approximate surface area is 158 Å². The molecule has 24 heavy (non-hydrogen) atoms. The first-order valence-corrected chi connectivity index (χ1v) is 8.46. The normalized spacial score (nSPS) is 15.8. The minimum Gasteiger partial charge on any atom is -0.398 e. The summed E-state index contributed by atoms with van der Waals surface area (Å²) in [6.07, 6.45) is 7.14. The van der Waals surface area contributed by atoms with Gasteiger partial charge in [-0.1, -0.05) is 42.5 Å². The molecule has 0 aliphatic heterocycles. The third-order valence-electron chi connectivity index (χ3n) is 4.69. The first-order valence-electron chi connectivity index (χ1n) is 8.46. The summed E-state index contributed by atoms with van der Waals surface area (Å²) in [6, 6.07) is 17.7. The van der Waals surface area contributed by atoms with Crippen LogP contribution in [0.3, 0.4) is 0 Å². The summed E-state index contributed by atoms with van der Waals surface area (Å²) >= 11 is 0. The van der Waals surface area contributed by atoms with Crippen LogP contribution in [0.5, 0.6) is 0 Å². The maximum Gasteiger partial charge on any atom is 0.0349 e. The number of fused-ring (bicyclic) bond motifs is 1. The van der Waals surface area contributed by atoms with Gasteiger partial charge >= 0.3 is 0 Å². The molecule has 0 bridgehead atoms. The van der Waals surface area contributed by atoms with Crippen LogP contribution >= 0.6 is 24.8 Å².